The quantitative estimate of drug-likeness (QED) is 0.562. The third kappa shape index (κ3) is 2.87. The van der Waals surface area contributed by atoms with Crippen LogP contribution in [0.25, 0.3) is 10.9 Å². The highest BCUT2D eigenvalue weighted by Gasteiger charge is 2.18. The molecule has 0 fully saturated rings. The summed E-state index contributed by atoms with van der Waals surface area (Å²) in [5.41, 5.74) is 1.32. The molecular weight excluding hydrogens is 324 g/mol. The molecule has 0 radical (unpaired) electrons. The number of rotatable bonds is 3. The van der Waals surface area contributed by atoms with Gasteiger partial charge in [0.25, 0.3) is 0 Å². The first kappa shape index (κ1) is 15.1. The number of benzene rings is 2. The van der Waals surface area contributed by atoms with Gasteiger partial charge in [-0.15, -0.1) is 0 Å². The van der Waals surface area contributed by atoms with E-state index in [4.69, 9.17) is 27.9 Å². The summed E-state index contributed by atoms with van der Waals surface area (Å²) in [6.07, 6.45) is 1.25. The standard InChI is InChI=1S/C17H12Cl2FNO/c1-10(16-13(18)5-6-14(20)17(16)19)22-12-4-7-15-11(9-12)3-2-8-21-15/h2-10H,1H3/t10-/m0/s1. The lowest BCUT2D eigenvalue weighted by Gasteiger charge is -2.18. The highest BCUT2D eigenvalue weighted by molar-refractivity contribution is 6.36. The van der Waals surface area contributed by atoms with E-state index in [-0.39, 0.29) is 5.02 Å². The second kappa shape index (κ2) is 6.11. The zero-order valence-electron chi connectivity index (χ0n) is 11.7. The van der Waals surface area contributed by atoms with Gasteiger partial charge in [-0.2, -0.15) is 0 Å². The SMILES string of the molecule is C[C@H](Oc1ccc2ncccc2c1)c1c(Cl)ccc(F)c1Cl. The molecular formula is C17H12Cl2FNO. The minimum Gasteiger partial charge on any atom is -0.486 e. The summed E-state index contributed by atoms with van der Waals surface area (Å²) in [4.78, 5) is 4.25. The van der Waals surface area contributed by atoms with Gasteiger partial charge in [-0.05, 0) is 43.3 Å². The zero-order valence-corrected chi connectivity index (χ0v) is 13.2. The Balaban J connectivity index is 1.93. The van der Waals surface area contributed by atoms with Crippen LogP contribution in [0.1, 0.15) is 18.6 Å². The van der Waals surface area contributed by atoms with Gasteiger partial charge in [-0.3, -0.25) is 4.98 Å². The third-order valence-electron chi connectivity index (χ3n) is 3.37. The van der Waals surface area contributed by atoms with Crippen LogP contribution >= 0.6 is 23.2 Å². The number of pyridine rings is 1. The molecule has 0 saturated carbocycles. The first-order chi connectivity index (χ1) is 10.6. The predicted molar refractivity (Wildman–Crippen MR) is 87.2 cm³/mol. The Morgan fingerprint density at radius 2 is 1.95 bits per heavy atom. The maximum absolute atomic E-state index is 13.6. The van der Waals surface area contributed by atoms with Gasteiger partial charge in [0.05, 0.1) is 10.5 Å². The molecule has 0 aliphatic rings. The topological polar surface area (TPSA) is 22.1 Å². The number of ether oxygens (including phenoxy) is 1. The molecule has 0 aliphatic carbocycles. The molecule has 1 atom stereocenters. The van der Waals surface area contributed by atoms with E-state index in [0.717, 1.165) is 10.9 Å². The van der Waals surface area contributed by atoms with E-state index in [1.54, 1.807) is 13.1 Å². The molecule has 0 spiro atoms. The normalized spacial score (nSPS) is 12.4. The fourth-order valence-corrected chi connectivity index (χ4v) is 2.98. The Hall–Kier alpha value is -1.84. The molecule has 2 nitrogen and oxygen atoms in total. The number of halogens is 3. The monoisotopic (exact) mass is 335 g/mol. The number of fused-ring (bicyclic) bond motifs is 1. The van der Waals surface area contributed by atoms with Crippen molar-refractivity contribution in [1.82, 2.24) is 4.98 Å². The Morgan fingerprint density at radius 1 is 1.14 bits per heavy atom. The molecule has 1 heterocycles. The van der Waals surface area contributed by atoms with Crippen molar-refractivity contribution >= 4 is 34.1 Å². The summed E-state index contributed by atoms with van der Waals surface area (Å²) in [6.45, 7) is 1.78. The van der Waals surface area contributed by atoms with Crippen LogP contribution in [0.3, 0.4) is 0 Å². The van der Waals surface area contributed by atoms with Crippen LogP contribution in [0.5, 0.6) is 5.75 Å². The molecule has 0 aliphatic heterocycles. The van der Waals surface area contributed by atoms with E-state index in [1.165, 1.54) is 12.1 Å². The maximum atomic E-state index is 13.6. The first-order valence-corrected chi connectivity index (χ1v) is 7.46. The summed E-state index contributed by atoms with van der Waals surface area (Å²) >= 11 is 12.1. The van der Waals surface area contributed by atoms with Crippen molar-refractivity contribution in [3.8, 4) is 5.75 Å². The molecule has 3 rings (SSSR count). The maximum Gasteiger partial charge on any atom is 0.142 e. The van der Waals surface area contributed by atoms with Crippen LogP contribution in [0, 0.1) is 5.82 Å². The lowest BCUT2D eigenvalue weighted by atomic mass is 10.1. The molecule has 0 bridgehead atoms. The van der Waals surface area contributed by atoms with Crippen molar-refractivity contribution in [1.29, 1.82) is 0 Å². The summed E-state index contributed by atoms with van der Waals surface area (Å²) in [5.74, 6) is 0.128. The van der Waals surface area contributed by atoms with Crippen molar-refractivity contribution in [2.45, 2.75) is 13.0 Å². The highest BCUT2D eigenvalue weighted by atomic mass is 35.5. The van der Waals surface area contributed by atoms with Crippen molar-refractivity contribution in [2.24, 2.45) is 0 Å². The summed E-state index contributed by atoms with van der Waals surface area (Å²) in [6, 6.07) is 12.1. The highest BCUT2D eigenvalue weighted by Crippen LogP contribution is 2.35. The van der Waals surface area contributed by atoms with Crippen LogP contribution in [-0.4, -0.2) is 4.98 Å². The number of nitrogens with zero attached hydrogens (tertiary/aromatic N) is 1. The fourth-order valence-electron chi connectivity index (χ4n) is 2.31. The van der Waals surface area contributed by atoms with Gasteiger partial charge in [-0.25, -0.2) is 4.39 Å². The second-order valence-corrected chi connectivity index (χ2v) is 5.66. The van der Waals surface area contributed by atoms with E-state index in [1.807, 2.05) is 30.3 Å². The van der Waals surface area contributed by atoms with Crippen LogP contribution in [-0.2, 0) is 0 Å². The molecule has 5 heteroatoms. The van der Waals surface area contributed by atoms with E-state index in [0.29, 0.717) is 16.3 Å². The van der Waals surface area contributed by atoms with Crippen LogP contribution < -0.4 is 4.74 Å². The van der Waals surface area contributed by atoms with Gasteiger partial charge >= 0.3 is 0 Å². The number of hydrogen-bond acceptors (Lipinski definition) is 2. The summed E-state index contributed by atoms with van der Waals surface area (Å²) < 4.78 is 19.5. The van der Waals surface area contributed by atoms with E-state index in [2.05, 4.69) is 4.98 Å². The van der Waals surface area contributed by atoms with E-state index in [9.17, 15) is 4.39 Å². The molecule has 112 valence electrons. The molecule has 1 aromatic heterocycles. The van der Waals surface area contributed by atoms with Gasteiger partial charge in [0, 0.05) is 22.2 Å². The fraction of sp³-hybridized carbons (Fsp3) is 0.118. The van der Waals surface area contributed by atoms with Gasteiger partial charge < -0.3 is 4.74 Å². The lowest BCUT2D eigenvalue weighted by molar-refractivity contribution is 0.227. The molecule has 3 aromatic rings. The van der Waals surface area contributed by atoms with E-state index >= 15 is 0 Å². The lowest BCUT2D eigenvalue weighted by Crippen LogP contribution is -2.05. The molecule has 0 saturated heterocycles. The molecule has 0 N–H and O–H groups in total. The van der Waals surface area contributed by atoms with Gasteiger partial charge in [-0.1, -0.05) is 29.3 Å². The number of aromatic nitrogens is 1. The summed E-state index contributed by atoms with van der Waals surface area (Å²) in [5, 5.41) is 1.33. The van der Waals surface area contributed by atoms with Crippen molar-refractivity contribution in [2.75, 3.05) is 0 Å². The molecule has 0 amide bonds. The minimum absolute atomic E-state index is 0.0116. The van der Waals surface area contributed by atoms with Crippen LogP contribution in [0.2, 0.25) is 10.0 Å². The second-order valence-electron chi connectivity index (χ2n) is 4.87. The summed E-state index contributed by atoms with van der Waals surface area (Å²) in [7, 11) is 0. The average molecular weight is 336 g/mol. The zero-order chi connectivity index (χ0) is 15.7. The van der Waals surface area contributed by atoms with Gasteiger partial charge in [0.1, 0.15) is 17.7 Å². The van der Waals surface area contributed by atoms with Gasteiger partial charge in [0.2, 0.25) is 0 Å². The van der Waals surface area contributed by atoms with Gasteiger partial charge in [0.15, 0.2) is 0 Å². The largest absolute Gasteiger partial charge is 0.486 e. The third-order valence-corrected chi connectivity index (χ3v) is 4.09. The Morgan fingerprint density at radius 3 is 2.77 bits per heavy atom. The average Bonchev–Trinajstić information content (AvgIpc) is 2.51. The first-order valence-electron chi connectivity index (χ1n) is 6.71. The van der Waals surface area contributed by atoms with Crippen LogP contribution in [0.4, 0.5) is 4.39 Å². The molecule has 0 unspecified atom stereocenters. The minimum atomic E-state index is -0.515. The van der Waals surface area contributed by atoms with Crippen molar-refractivity contribution < 1.29 is 9.13 Å². The van der Waals surface area contributed by atoms with Crippen molar-refractivity contribution in [3.05, 3.63) is 70.1 Å². The van der Waals surface area contributed by atoms with E-state index < -0.39 is 11.9 Å². The molecule has 2 aromatic carbocycles. The smallest absolute Gasteiger partial charge is 0.142 e. The molecule has 22 heavy (non-hydrogen) atoms. The Bertz CT molecular complexity index is 838. The van der Waals surface area contributed by atoms with Crippen molar-refractivity contribution in [3.63, 3.8) is 0 Å². The van der Waals surface area contributed by atoms with Crippen LogP contribution in [0.15, 0.2) is 48.7 Å². The Kier molecular flexibility index (Phi) is 4.19. The predicted octanol–water partition coefficient (Wildman–Crippen LogP) is 5.82. The Labute approximate surface area is 137 Å². The number of hydrogen-bond donors (Lipinski definition) is 0.